The fourth-order valence-electron chi connectivity index (χ4n) is 1.13. The summed E-state index contributed by atoms with van der Waals surface area (Å²) in [6, 6.07) is 3.85. The molecular formula is C9H9BO5. The van der Waals surface area contributed by atoms with Crippen LogP contribution in [0.3, 0.4) is 0 Å². The van der Waals surface area contributed by atoms with E-state index in [-0.39, 0.29) is 16.6 Å². The van der Waals surface area contributed by atoms with Gasteiger partial charge in [0.05, 0.1) is 12.7 Å². The Labute approximate surface area is 86.4 Å². The Hall–Kier alpha value is -1.66. The zero-order chi connectivity index (χ0) is 11.4. The number of hydrogen-bond acceptors (Lipinski definition) is 5. The molecule has 0 heterocycles. The second-order valence-electron chi connectivity index (χ2n) is 2.87. The number of methoxy groups -OCH3 is 1. The number of carbonyl (C=O) groups is 2. The largest absolute Gasteiger partial charge is 0.488 e. The maximum Gasteiger partial charge on any atom is 0.488 e. The molecule has 2 N–H and O–H groups in total. The Morgan fingerprint density at radius 1 is 1.40 bits per heavy atom. The first-order valence-electron chi connectivity index (χ1n) is 4.13. The first kappa shape index (κ1) is 11.4. The number of benzene rings is 1. The van der Waals surface area contributed by atoms with Gasteiger partial charge in [-0.15, -0.1) is 0 Å². The highest BCUT2D eigenvalue weighted by Gasteiger charge is 2.15. The van der Waals surface area contributed by atoms with Gasteiger partial charge in [0.1, 0.15) is 6.29 Å². The molecule has 0 bridgehead atoms. The molecule has 0 saturated heterocycles. The van der Waals surface area contributed by atoms with E-state index in [1.165, 1.54) is 25.3 Å². The van der Waals surface area contributed by atoms with Crippen molar-refractivity contribution < 1.29 is 24.4 Å². The molecular weight excluding hydrogens is 199 g/mol. The van der Waals surface area contributed by atoms with Gasteiger partial charge in [-0.05, 0) is 17.6 Å². The average molecular weight is 208 g/mol. The fourth-order valence-corrected chi connectivity index (χ4v) is 1.13. The first-order valence-corrected chi connectivity index (χ1v) is 4.13. The van der Waals surface area contributed by atoms with Crippen molar-refractivity contribution in [3.8, 4) is 0 Å². The van der Waals surface area contributed by atoms with Crippen molar-refractivity contribution in [2.75, 3.05) is 7.11 Å². The van der Waals surface area contributed by atoms with Crippen LogP contribution in [0.5, 0.6) is 0 Å². The lowest BCUT2D eigenvalue weighted by molar-refractivity contribution is 0.0601. The predicted molar refractivity (Wildman–Crippen MR) is 53.0 cm³/mol. The van der Waals surface area contributed by atoms with Gasteiger partial charge in [-0.25, -0.2) is 4.79 Å². The van der Waals surface area contributed by atoms with Crippen molar-refractivity contribution in [3.05, 3.63) is 29.3 Å². The number of carbonyl (C=O) groups excluding carboxylic acids is 2. The fraction of sp³-hybridized carbons (Fsp3) is 0.111. The monoisotopic (exact) mass is 208 g/mol. The summed E-state index contributed by atoms with van der Waals surface area (Å²) < 4.78 is 4.45. The van der Waals surface area contributed by atoms with Gasteiger partial charge in [-0.2, -0.15) is 0 Å². The third kappa shape index (κ3) is 2.65. The molecule has 15 heavy (non-hydrogen) atoms. The summed E-state index contributed by atoms with van der Waals surface area (Å²) in [5.74, 6) is -0.638. The maximum absolute atomic E-state index is 11.2. The van der Waals surface area contributed by atoms with E-state index in [2.05, 4.69) is 4.74 Å². The van der Waals surface area contributed by atoms with Crippen LogP contribution in [0.25, 0.3) is 0 Å². The van der Waals surface area contributed by atoms with Crippen LogP contribution in [0.2, 0.25) is 0 Å². The molecule has 0 radical (unpaired) electrons. The van der Waals surface area contributed by atoms with E-state index in [9.17, 15) is 9.59 Å². The molecule has 0 saturated carbocycles. The number of hydrogen-bond donors (Lipinski definition) is 2. The zero-order valence-corrected chi connectivity index (χ0v) is 8.01. The SMILES string of the molecule is COC(=O)c1cc(C=O)cc(B(O)O)c1. The third-order valence-electron chi connectivity index (χ3n) is 1.83. The Morgan fingerprint density at radius 2 is 2.07 bits per heavy atom. The average Bonchev–Trinajstić information content (AvgIpc) is 2.27. The van der Waals surface area contributed by atoms with Gasteiger partial charge >= 0.3 is 13.1 Å². The van der Waals surface area contributed by atoms with Gasteiger partial charge < -0.3 is 14.8 Å². The maximum atomic E-state index is 11.2. The van der Waals surface area contributed by atoms with Crippen LogP contribution in [0.1, 0.15) is 20.7 Å². The molecule has 1 aromatic rings. The number of esters is 1. The molecule has 0 aromatic heterocycles. The summed E-state index contributed by atoms with van der Waals surface area (Å²) in [5, 5.41) is 17.8. The number of ether oxygens (including phenoxy) is 1. The topological polar surface area (TPSA) is 83.8 Å². The van der Waals surface area contributed by atoms with Gasteiger partial charge in [0.25, 0.3) is 0 Å². The lowest BCUT2D eigenvalue weighted by Gasteiger charge is -2.04. The zero-order valence-electron chi connectivity index (χ0n) is 8.01. The second kappa shape index (κ2) is 4.72. The highest BCUT2D eigenvalue weighted by Crippen LogP contribution is 2.03. The van der Waals surface area contributed by atoms with E-state index in [1.54, 1.807) is 0 Å². The van der Waals surface area contributed by atoms with Crippen molar-refractivity contribution in [1.82, 2.24) is 0 Å². The van der Waals surface area contributed by atoms with Crippen molar-refractivity contribution >= 4 is 24.8 Å². The van der Waals surface area contributed by atoms with Crippen LogP contribution >= 0.6 is 0 Å². The van der Waals surface area contributed by atoms with Gasteiger partial charge in [0.15, 0.2) is 0 Å². The van der Waals surface area contributed by atoms with E-state index in [1.807, 2.05) is 0 Å². The minimum Gasteiger partial charge on any atom is -0.465 e. The van der Waals surface area contributed by atoms with Crippen LogP contribution in [-0.2, 0) is 4.74 Å². The first-order chi connectivity index (χ1) is 7.08. The molecule has 0 atom stereocenters. The molecule has 0 unspecified atom stereocenters. The molecule has 5 nitrogen and oxygen atoms in total. The highest BCUT2D eigenvalue weighted by molar-refractivity contribution is 6.58. The number of aldehydes is 1. The van der Waals surface area contributed by atoms with Gasteiger partial charge in [-0.1, -0.05) is 6.07 Å². The normalized spacial score (nSPS) is 9.53. The van der Waals surface area contributed by atoms with E-state index in [4.69, 9.17) is 10.0 Å². The lowest BCUT2D eigenvalue weighted by atomic mass is 9.78. The molecule has 0 aliphatic carbocycles. The van der Waals surface area contributed by atoms with Crippen molar-refractivity contribution in [2.24, 2.45) is 0 Å². The van der Waals surface area contributed by atoms with E-state index in [0.29, 0.717) is 6.29 Å². The van der Waals surface area contributed by atoms with Crippen LogP contribution in [0.4, 0.5) is 0 Å². The predicted octanol–water partition coefficient (Wildman–Crippen LogP) is -1.03. The van der Waals surface area contributed by atoms with Crippen molar-refractivity contribution in [3.63, 3.8) is 0 Å². The molecule has 1 rings (SSSR count). The summed E-state index contributed by atoms with van der Waals surface area (Å²) in [6.45, 7) is 0. The third-order valence-corrected chi connectivity index (χ3v) is 1.83. The summed E-state index contributed by atoms with van der Waals surface area (Å²) in [7, 11) is -0.529. The van der Waals surface area contributed by atoms with Crippen molar-refractivity contribution in [1.29, 1.82) is 0 Å². The Balaban J connectivity index is 3.22. The Kier molecular flexibility index (Phi) is 3.59. The van der Waals surface area contributed by atoms with E-state index >= 15 is 0 Å². The molecule has 1 aromatic carbocycles. The minimum absolute atomic E-state index is 0.0694. The van der Waals surface area contributed by atoms with E-state index in [0.717, 1.165) is 0 Å². The summed E-state index contributed by atoms with van der Waals surface area (Å²) in [6.07, 6.45) is 0.512. The quantitative estimate of drug-likeness (QED) is 0.376. The van der Waals surface area contributed by atoms with Gasteiger partial charge in [-0.3, -0.25) is 4.79 Å². The second-order valence-corrected chi connectivity index (χ2v) is 2.87. The standard InChI is InChI=1S/C9H9BO5/c1-15-9(12)7-2-6(5-11)3-8(4-7)10(13)14/h2-5,13-14H,1H3. The molecule has 0 fully saturated rings. The highest BCUT2D eigenvalue weighted by atomic mass is 16.5. The van der Waals surface area contributed by atoms with Crippen LogP contribution in [0.15, 0.2) is 18.2 Å². The molecule has 6 heteroatoms. The smallest absolute Gasteiger partial charge is 0.465 e. The van der Waals surface area contributed by atoms with Crippen molar-refractivity contribution in [2.45, 2.75) is 0 Å². The summed E-state index contributed by atoms with van der Waals surface area (Å²) in [4.78, 5) is 21.7. The molecule has 0 aliphatic heterocycles. The van der Waals surface area contributed by atoms with E-state index < -0.39 is 13.1 Å². The lowest BCUT2D eigenvalue weighted by Crippen LogP contribution is -2.31. The molecule has 0 spiro atoms. The summed E-state index contributed by atoms with van der Waals surface area (Å²) in [5.41, 5.74) is 0.353. The van der Waals surface area contributed by atoms with Gasteiger partial charge in [0.2, 0.25) is 0 Å². The minimum atomic E-state index is -1.73. The van der Waals surface area contributed by atoms with Crippen LogP contribution in [0, 0.1) is 0 Å². The molecule has 0 amide bonds. The number of rotatable bonds is 3. The Bertz CT molecular complexity index is 388. The Morgan fingerprint density at radius 3 is 2.53 bits per heavy atom. The van der Waals surface area contributed by atoms with Crippen LogP contribution < -0.4 is 5.46 Å². The molecule has 78 valence electrons. The van der Waals surface area contributed by atoms with Gasteiger partial charge in [0, 0.05) is 5.56 Å². The van der Waals surface area contributed by atoms with Crippen LogP contribution in [-0.4, -0.2) is 36.5 Å². The molecule has 0 aliphatic rings. The summed E-state index contributed by atoms with van der Waals surface area (Å²) >= 11 is 0.